The topological polar surface area (TPSA) is 63.2 Å². The Morgan fingerprint density at radius 3 is 2.15 bits per heavy atom. The maximum absolute atomic E-state index is 11.5. The summed E-state index contributed by atoms with van der Waals surface area (Å²) in [6.07, 6.45) is 0. The predicted octanol–water partition coefficient (Wildman–Crippen LogP) is 3.31. The Hall–Kier alpha value is -2.29. The van der Waals surface area contributed by atoms with E-state index in [-0.39, 0.29) is 29.9 Å². The van der Waals surface area contributed by atoms with Crippen molar-refractivity contribution in [3.8, 4) is 5.75 Å². The first kappa shape index (κ1) is 22.8. The number of aliphatic imine (C=N–C) groups is 1. The largest absolute Gasteiger partial charge is 0.497 e. The highest BCUT2D eigenvalue weighted by Gasteiger charge is 2.08. The van der Waals surface area contributed by atoms with Gasteiger partial charge in [-0.2, -0.15) is 0 Å². The lowest BCUT2D eigenvalue weighted by atomic mass is 10.1. The van der Waals surface area contributed by atoms with Gasteiger partial charge in [-0.15, -0.1) is 24.0 Å². The minimum Gasteiger partial charge on any atom is -0.497 e. The van der Waals surface area contributed by atoms with Gasteiger partial charge in [-0.1, -0.05) is 24.3 Å². The molecule has 1 N–H and O–H groups in total. The molecule has 0 saturated heterocycles. The van der Waals surface area contributed by atoms with E-state index in [2.05, 4.69) is 10.3 Å². The Labute approximate surface area is 177 Å². The molecule has 0 amide bonds. The number of carbonyl (C=O) groups is 1. The van der Waals surface area contributed by atoms with Gasteiger partial charge in [-0.05, 0) is 35.4 Å². The van der Waals surface area contributed by atoms with Crippen LogP contribution >= 0.6 is 24.0 Å². The Balaban J connectivity index is 0.00000364. The van der Waals surface area contributed by atoms with Crippen molar-refractivity contribution in [1.29, 1.82) is 0 Å². The number of rotatable bonds is 6. The van der Waals surface area contributed by atoms with Crippen LogP contribution in [-0.2, 0) is 17.8 Å². The minimum absolute atomic E-state index is 0. The Kier molecular flexibility index (Phi) is 9.63. The summed E-state index contributed by atoms with van der Waals surface area (Å²) in [4.78, 5) is 17.8. The minimum atomic E-state index is -0.334. The van der Waals surface area contributed by atoms with Gasteiger partial charge >= 0.3 is 5.97 Å². The van der Waals surface area contributed by atoms with Crippen molar-refractivity contribution >= 4 is 35.9 Å². The third kappa shape index (κ3) is 6.74. The fourth-order valence-corrected chi connectivity index (χ4v) is 2.52. The Morgan fingerprint density at radius 1 is 1.04 bits per heavy atom. The number of halogens is 1. The molecule has 0 fully saturated rings. The molecule has 0 heterocycles. The maximum atomic E-state index is 11.5. The van der Waals surface area contributed by atoms with E-state index in [1.807, 2.05) is 48.3 Å². The van der Waals surface area contributed by atoms with Gasteiger partial charge in [-0.3, -0.25) is 4.99 Å². The average molecular weight is 483 g/mol. The van der Waals surface area contributed by atoms with Gasteiger partial charge in [0.1, 0.15) is 5.75 Å². The van der Waals surface area contributed by atoms with Crippen LogP contribution < -0.4 is 10.1 Å². The number of methoxy groups -OCH3 is 2. The van der Waals surface area contributed by atoms with E-state index in [0.29, 0.717) is 12.1 Å². The molecule has 2 aromatic rings. The molecule has 146 valence electrons. The van der Waals surface area contributed by atoms with Gasteiger partial charge < -0.3 is 19.7 Å². The monoisotopic (exact) mass is 483 g/mol. The van der Waals surface area contributed by atoms with Gasteiger partial charge in [0, 0.05) is 27.2 Å². The van der Waals surface area contributed by atoms with E-state index in [1.165, 1.54) is 12.7 Å². The number of ether oxygens (including phenoxy) is 2. The first-order valence-corrected chi connectivity index (χ1v) is 8.29. The first-order valence-electron chi connectivity index (χ1n) is 8.29. The van der Waals surface area contributed by atoms with Crippen LogP contribution in [0.15, 0.2) is 53.5 Å². The molecule has 2 aromatic carbocycles. The third-order valence-corrected chi connectivity index (χ3v) is 3.98. The molecule has 0 aliphatic rings. The molecule has 6 nitrogen and oxygen atoms in total. The van der Waals surface area contributed by atoms with Crippen LogP contribution in [0.25, 0.3) is 0 Å². The summed E-state index contributed by atoms with van der Waals surface area (Å²) in [5.74, 6) is 1.30. The smallest absolute Gasteiger partial charge is 0.337 e. The molecular weight excluding hydrogens is 457 g/mol. The van der Waals surface area contributed by atoms with Crippen molar-refractivity contribution in [3.63, 3.8) is 0 Å². The zero-order valence-electron chi connectivity index (χ0n) is 16.1. The second-order valence-corrected chi connectivity index (χ2v) is 5.79. The summed E-state index contributed by atoms with van der Waals surface area (Å²) >= 11 is 0. The molecular formula is C20H26IN3O3. The van der Waals surface area contributed by atoms with E-state index in [9.17, 15) is 4.79 Å². The number of hydrogen-bond acceptors (Lipinski definition) is 4. The lowest BCUT2D eigenvalue weighted by Crippen LogP contribution is -2.38. The number of esters is 1. The molecule has 7 heteroatoms. The Morgan fingerprint density at radius 2 is 1.63 bits per heavy atom. The summed E-state index contributed by atoms with van der Waals surface area (Å²) in [5, 5.41) is 3.33. The highest BCUT2D eigenvalue weighted by molar-refractivity contribution is 14.0. The van der Waals surface area contributed by atoms with E-state index < -0.39 is 0 Å². The van der Waals surface area contributed by atoms with Crippen LogP contribution in [0.5, 0.6) is 5.75 Å². The quantitative estimate of drug-likeness (QED) is 0.296. The number of carbonyl (C=O) groups excluding carboxylic acids is 1. The molecule has 0 radical (unpaired) electrons. The van der Waals surface area contributed by atoms with Crippen LogP contribution in [0.3, 0.4) is 0 Å². The highest BCUT2D eigenvalue weighted by Crippen LogP contribution is 2.12. The summed E-state index contributed by atoms with van der Waals surface area (Å²) in [6, 6.07) is 15.3. The number of hydrogen-bond donors (Lipinski definition) is 1. The third-order valence-electron chi connectivity index (χ3n) is 3.98. The van der Waals surface area contributed by atoms with E-state index >= 15 is 0 Å². The van der Waals surface area contributed by atoms with Crippen molar-refractivity contribution in [2.45, 2.75) is 13.1 Å². The van der Waals surface area contributed by atoms with E-state index in [0.717, 1.165) is 23.8 Å². The SMILES string of the molecule is CN=C(NCc1ccc(C(=O)OC)cc1)N(C)Cc1ccc(OC)cc1.I. The summed E-state index contributed by atoms with van der Waals surface area (Å²) in [5.41, 5.74) is 2.76. The van der Waals surface area contributed by atoms with Crippen LogP contribution in [0.2, 0.25) is 0 Å². The van der Waals surface area contributed by atoms with E-state index in [1.54, 1.807) is 26.3 Å². The van der Waals surface area contributed by atoms with Crippen molar-refractivity contribution in [3.05, 3.63) is 65.2 Å². The van der Waals surface area contributed by atoms with Crippen molar-refractivity contribution in [2.24, 2.45) is 4.99 Å². The maximum Gasteiger partial charge on any atom is 0.337 e. The number of nitrogens with one attached hydrogen (secondary N) is 1. The molecule has 0 bridgehead atoms. The van der Waals surface area contributed by atoms with Gasteiger partial charge in [0.2, 0.25) is 0 Å². The van der Waals surface area contributed by atoms with Gasteiger partial charge in [0.25, 0.3) is 0 Å². The summed E-state index contributed by atoms with van der Waals surface area (Å²) in [7, 11) is 6.78. The molecule has 0 aliphatic carbocycles. The second kappa shape index (κ2) is 11.4. The number of guanidine groups is 1. The fourth-order valence-electron chi connectivity index (χ4n) is 2.52. The average Bonchev–Trinajstić information content (AvgIpc) is 2.69. The normalized spacial score (nSPS) is 10.6. The fraction of sp³-hybridized carbons (Fsp3) is 0.300. The summed E-state index contributed by atoms with van der Waals surface area (Å²) in [6.45, 7) is 1.34. The molecule has 0 spiro atoms. The standard InChI is InChI=1S/C20H25N3O3.HI/c1-21-20(23(2)14-16-7-11-18(25-3)12-8-16)22-13-15-5-9-17(10-6-15)19(24)26-4;/h5-12H,13-14H2,1-4H3,(H,21,22);1H. The first-order chi connectivity index (χ1) is 12.6. The zero-order chi connectivity index (χ0) is 18.9. The number of nitrogens with zero attached hydrogens (tertiary/aromatic N) is 2. The van der Waals surface area contributed by atoms with Crippen LogP contribution in [0.1, 0.15) is 21.5 Å². The van der Waals surface area contributed by atoms with Crippen LogP contribution in [-0.4, -0.2) is 45.1 Å². The lowest BCUT2D eigenvalue weighted by molar-refractivity contribution is 0.0600. The van der Waals surface area contributed by atoms with Gasteiger partial charge in [0.15, 0.2) is 5.96 Å². The van der Waals surface area contributed by atoms with Gasteiger partial charge in [-0.25, -0.2) is 4.79 Å². The highest BCUT2D eigenvalue weighted by atomic mass is 127. The van der Waals surface area contributed by atoms with Crippen LogP contribution in [0, 0.1) is 0 Å². The molecule has 0 saturated carbocycles. The molecule has 0 aliphatic heterocycles. The van der Waals surface area contributed by atoms with Crippen molar-refractivity contribution in [1.82, 2.24) is 10.2 Å². The number of benzene rings is 2. The molecule has 27 heavy (non-hydrogen) atoms. The molecule has 0 unspecified atom stereocenters. The van der Waals surface area contributed by atoms with E-state index in [4.69, 9.17) is 9.47 Å². The molecule has 0 atom stereocenters. The van der Waals surface area contributed by atoms with Crippen molar-refractivity contribution < 1.29 is 14.3 Å². The lowest BCUT2D eigenvalue weighted by Gasteiger charge is -2.22. The van der Waals surface area contributed by atoms with Crippen LogP contribution in [0.4, 0.5) is 0 Å². The summed E-state index contributed by atoms with van der Waals surface area (Å²) < 4.78 is 9.89. The zero-order valence-corrected chi connectivity index (χ0v) is 18.4. The molecule has 2 rings (SSSR count). The second-order valence-electron chi connectivity index (χ2n) is 5.79. The van der Waals surface area contributed by atoms with Gasteiger partial charge in [0.05, 0.1) is 19.8 Å². The molecule has 0 aromatic heterocycles. The Bertz CT molecular complexity index is 746. The van der Waals surface area contributed by atoms with Crippen molar-refractivity contribution in [2.75, 3.05) is 28.3 Å². The predicted molar refractivity (Wildman–Crippen MR) is 118 cm³/mol.